The second-order valence-electron chi connectivity index (χ2n) is 4.64. The number of thioether (sulfide) groups is 2. The third kappa shape index (κ3) is 3.35. The molecule has 0 saturated carbocycles. The van der Waals surface area contributed by atoms with E-state index in [4.69, 9.17) is 4.74 Å². The molecule has 19 heavy (non-hydrogen) atoms. The van der Waals surface area contributed by atoms with Crippen molar-refractivity contribution in [3.05, 3.63) is 18.1 Å². The van der Waals surface area contributed by atoms with Crippen LogP contribution in [0.1, 0.15) is 25.6 Å². The van der Waals surface area contributed by atoms with Crippen LogP contribution in [0.4, 0.5) is 0 Å². The SMILES string of the molecule is CNC(c1nccnc1OC)C1CSC(C)C(C)S1. The largest absolute Gasteiger partial charge is 0.480 e. The topological polar surface area (TPSA) is 47.0 Å². The van der Waals surface area contributed by atoms with Gasteiger partial charge in [-0.2, -0.15) is 23.5 Å². The molecule has 1 N–H and O–H groups in total. The van der Waals surface area contributed by atoms with Gasteiger partial charge in [0.05, 0.1) is 13.2 Å². The molecule has 4 unspecified atom stereocenters. The molecule has 1 aromatic heterocycles. The molecule has 2 heterocycles. The van der Waals surface area contributed by atoms with Crippen molar-refractivity contribution in [2.75, 3.05) is 19.9 Å². The number of hydrogen-bond acceptors (Lipinski definition) is 6. The van der Waals surface area contributed by atoms with Gasteiger partial charge >= 0.3 is 0 Å². The Kier molecular flexibility index (Phi) is 5.36. The van der Waals surface area contributed by atoms with Crippen LogP contribution in [0.2, 0.25) is 0 Å². The van der Waals surface area contributed by atoms with Gasteiger partial charge in [-0.05, 0) is 7.05 Å². The number of methoxy groups -OCH3 is 1. The summed E-state index contributed by atoms with van der Waals surface area (Å²) in [5, 5.41) is 5.24. The van der Waals surface area contributed by atoms with Gasteiger partial charge in [0.1, 0.15) is 5.69 Å². The highest BCUT2D eigenvalue weighted by Crippen LogP contribution is 2.41. The van der Waals surface area contributed by atoms with E-state index in [0.717, 1.165) is 11.4 Å². The molecule has 0 amide bonds. The molecule has 1 aromatic rings. The van der Waals surface area contributed by atoms with Crippen molar-refractivity contribution in [3.63, 3.8) is 0 Å². The molecule has 1 aliphatic heterocycles. The lowest BCUT2D eigenvalue weighted by atomic mass is 10.1. The third-order valence-electron chi connectivity index (χ3n) is 3.44. The molecule has 0 bridgehead atoms. The normalized spacial score (nSPS) is 28.9. The standard InChI is InChI=1S/C13H21N3OS2/c1-8-9(2)19-10(7-18-8)11(14-3)12-13(17-4)16-6-5-15-12/h5-6,8-11,14H,7H2,1-4H3. The Morgan fingerprint density at radius 2 is 2.05 bits per heavy atom. The molecule has 4 atom stereocenters. The van der Waals surface area contributed by atoms with Gasteiger partial charge in [0.2, 0.25) is 5.88 Å². The highest BCUT2D eigenvalue weighted by atomic mass is 32.2. The van der Waals surface area contributed by atoms with E-state index in [1.54, 1.807) is 19.5 Å². The monoisotopic (exact) mass is 299 g/mol. The van der Waals surface area contributed by atoms with Crippen LogP contribution < -0.4 is 10.1 Å². The molecule has 1 aliphatic rings. The lowest BCUT2D eigenvalue weighted by molar-refractivity contribution is 0.379. The third-order valence-corrected chi connectivity index (χ3v) is 6.93. The van der Waals surface area contributed by atoms with E-state index >= 15 is 0 Å². The summed E-state index contributed by atoms with van der Waals surface area (Å²) >= 11 is 4.07. The van der Waals surface area contributed by atoms with Gasteiger partial charge in [0.15, 0.2) is 0 Å². The second-order valence-corrected chi connectivity index (χ2v) is 7.67. The highest BCUT2D eigenvalue weighted by molar-refractivity contribution is 8.07. The lowest BCUT2D eigenvalue weighted by Gasteiger charge is -2.35. The molecule has 2 rings (SSSR count). The van der Waals surface area contributed by atoms with Crippen molar-refractivity contribution in [1.82, 2.24) is 15.3 Å². The molecule has 1 fully saturated rings. The molecule has 106 valence electrons. The van der Waals surface area contributed by atoms with Crippen molar-refractivity contribution < 1.29 is 4.74 Å². The van der Waals surface area contributed by atoms with Gasteiger partial charge in [-0.15, -0.1) is 0 Å². The summed E-state index contributed by atoms with van der Waals surface area (Å²) in [7, 11) is 3.63. The van der Waals surface area contributed by atoms with Gasteiger partial charge < -0.3 is 10.1 Å². The summed E-state index contributed by atoms with van der Waals surface area (Å²) in [6.07, 6.45) is 3.40. The first-order chi connectivity index (χ1) is 9.17. The number of nitrogens with zero attached hydrogens (tertiary/aromatic N) is 2. The van der Waals surface area contributed by atoms with Crippen molar-refractivity contribution >= 4 is 23.5 Å². The van der Waals surface area contributed by atoms with Crippen LogP contribution in [0, 0.1) is 0 Å². The van der Waals surface area contributed by atoms with E-state index in [9.17, 15) is 0 Å². The summed E-state index contributed by atoms with van der Waals surface area (Å²) in [6, 6.07) is 0.177. The van der Waals surface area contributed by atoms with Crippen molar-refractivity contribution in [3.8, 4) is 5.88 Å². The molecule has 0 aliphatic carbocycles. The van der Waals surface area contributed by atoms with Crippen LogP contribution in [0.25, 0.3) is 0 Å². The van der Waals surface area contributed by atoms with Crippen LogP contribution >= 0.6 is 23.5 Å². The zero-order chi connectivity index (χ0) is 13.8. The van der Waals surface area contributed by atoms with Crippen LogP contribution in [0.15, 0.2) is 12.4 Å². The van der Waals surface area contributed by atoms with Gasteiger partial charge in [0.25, 0.3) is 0 Å². The summed E-state index contributed by atoms with van der Waals surface area (Å²) in [5.74, 6) is 1.75. The molecular formula is C13H21N3OS2. The maximum Gasteiger partial charge on any atom is 0.237 e. The van der Waals surface area contributed by atoms with Gasteiger partial charge in [-0.25, -0.2) is 4.98 Å². The fraction of sp³-hybridized carbons (Fsp3) is 0.692. The molecule has 6 heteroatoms. The molecular weight excluding hydrogens is 278 g/mol. The highest BCUT2D eigenvalue weighted by Gasteiger charge is 2.33. The Labute approximate surface area is 123 Å². The van der Waals surface area contributed by atoms with Crippen LogP contribution in [-0.2, 0) is 0 Å². The predicted molar refractivity (Wildman–Crippen MR) is 83.1 cm³/mol. The predicted octanol–water partition coefficient (Wildman–Crippen LogP) is 2.37. The number of aromatic nitrogens is 2. The fourth-order valence-corrected chi connectivity index (χ4v) is 5.32. The Balaban J connectivity index is 2.20. The molecule has 0 aromatic carbocycles. The lowest BCUT2D eigenvalue weighted by Crippen LogP contribution is -2.36. The molecule has 1 saturated heterocycles. The minimum atomic E-state index is 0.177. The summed E-state index contributed by atoms with van der Waals surface area (Å²) in [4.78, 5) is 8.72. The zero-order valence-corrected chi connectivity index (χ0v) is 13.4. The minimum absolute atomic E-state index is 0.177. The average molecular weight is 299 g/mol. The van der Waals surface area contributed by atoms with Gasteiger partial charge in [-0.1, -0.05) is 13.8 Å². The summed E-state index contributed by atoms with van der Waals surface area (Å²) in [5.41, 5.74) is 0.910. The van der Waals surface area contributed by atoms with E-state index in [-0.39, 0.29) is 6.04 Å². The van der Waals surface area contributed by atoms with E-state index in [1.807, 2.05) is 30.6 Å². The van der Waals surface area contributed by atoms with Crippen LogP contribution in [0.5, 0.6) is 5.88 Å². The summed E-state index contributed by atoms with van der Waals surface area (Å²) in [6.45, 7) is 4.60. The van der Waals surface area contributed by atoms with Crippen LogP contribution in [-0.4, -0.2) is 45.6 Å². The second kappa shape index (κ2) is 6.81. The molecule has 0 spiro atoms. The number of nitrogens with one attached hydrogen (secondary N) is 1. The minimum Gasteiger partial charge on any atom is -0.480 e. The van der Waals surface area contributed by atoms with E-state index in [0.29, 0.717) is 21.6 Å². The number of ether oxygens (including phenoxy) is 1. The maximum atomic E-state index is 5.34. The molecule has 0 radical (unpaired) electrons. The Bertz CT molecular complexity index is 419. The first-order valence-electron chi connectivity index (χ1n) is 6.46. The van der Waals surface area contributed by atoms with Crippen molar-refractivity contribution in [2.45, 2.75) is 35.6 Å². The smallest absolute Gasteiger partial charge is 0.237 e. The quantitative estimate of drug-likeness (QED) is 0.921. The van der Waals surface area contributed by atoms with Gasteiger partial charge in [0, 0.05) is 33.9 Å². The Hall–Kier alpha value is -0.460. The molecule has 4 nitrogen and oxygen atoms in total. The maximum absolute atomic E-state index is 5.34. The fourth-order valence-electron chi connectivity index (χ4n) is 2.19. The Morgan fingerprint density at radius 3 is 2.68 bits per heavy atom. The van der Waals surface area contributed by atoms with Crippen molar-refractivity contribution in [2.24, 2.45) is 0 Å². The van der Waals surface area contributed by atoms with Gasteiger partial charge in [-0.3, -0.25) is 4.98 Å². The first-order valence-corrected chi connectivity index (χ1v) is 8.45. The van der Waals surface area contributed by atoms with E-state index in [2.05, 4.69) is 29.1 Å². The number of rotatable bonds is 4. The first kappa shape index (κ1) is 14.9. The average Bonchev–Trinajstić information content (AvgIpc) is 2.44. The summed E-state index contributed by atoms with van der Waals surface area (Å²) < 4.78 is 5.34. The van der Waals surface area contributed by atoms with E-state index < -0.39 is 0 Å². The van der Waals surface area contributed by atoms with Crippen molar-refractivity contribution in [1.29, 1.82) is 0 Å². The number of hydrogen-bond donors (Lipinski definition) is 1. The van der Waals surface area contributed by atoms with Crippen LogP contribution in [0.3, 0.4) is 0 Å². The zero-order valence-electron chi connectivity index (χ0n) is 11.8. The van der Waals surface area contributed by atoms with E-state index in [1.165, 1.54) is 0 Å². The Morgan fingerprint density at radius 1 is 1.32 bits per heavy atom.